The number of hydrogen-bond donors (Lipinski definition) is 2. The van der Waals surface area contributed by atoms with Gasteiger partial charge in [0.1, 0.15) is 0 Å². The summed E-state index contributed by atoms with van der Waals surface area (Å²) >= 11 is 0. The maximum Gasteiger partial charge on any atom is 0.188 e. The number of nitrogens with one attached hydrogen (secondary N) is 1. The first-order valence-electron chi connectivity index (χ1n) is 4.15. The van der Waals surface area contributed by atoms with Gasteiger partial charge in [0.05, 0.1) is 18.2 Å². The first kappa shape index (κ1) is 9.32. The van der Waals surface area contributed by atoms with Gasteiger partial charge in [-0.25, -0.2) is 0 Å². The van der Waals surface area contributed by atoms with Crippen molar-refractivity contribution >= 4 is 5.96 Å². The summed E-state index contributed by atoms with van der Waals surface area (Å²) in [5.41, 5.74) is 5.38. The highest BCUT2D eigenvalue weighted by molar-refractivity contribution is 5.79. The van der Waals surface area contributed by atoms with E-state index in [1.807, 2.05) is 0 Å². The molecule has 0 saturated heterocycles. The lowest BCUT2D eigenvalue weighted by molar-refractivity contribution is 0.00992. The molecule has 1 aliphatic rings. The summed E-state index contributed by atoms with van der Waals surface area (Å²) in [7, 11) is 1.72. The highest BCUT2D eigenvalue weighted by Crippen LogP contribution is 2.16. The Balaban J connectivity index is 2.34. The largest absolute Gasteiger partial charge is 0.379 e. The third-order valence-electron chi connectivity index (χ3n) is 2.12. The van der Waals surface area contributed by atoms with Crippen LogP contribution in [0.5, 0.6) is 0 Å². The highest BCUT2D eigenvalue weighted by atomic mass is 16.5. The molecule has 0 radical (unpaired) electrons. The zero-order chi connectivity index (χ0) is 9.19. The van der Waals surface area contributed by atoms with Gasteiger partial charge in [0.15, 0.2) is 5.96 Å². The van der Waals surface area contributed by atoms with Gasteiger partial charge < -0.3 is 15.8 Å². The zero-order valence-corrected chi connectivity index (χ0v) is 7.92. The molecule has 1 aliphatic heterocycles. The van der Waals surface area contributed by atoms with E-state index in [1.54, 1.807) is 7.11 Å². The van der Waals surface area contributed by atoms with Crippen LogP contribution >= 0.6 is 0 Å². The molecule has 0 amide bonds. The van der Waals surface area contributed by atoms with E-state index in [9.17, 15) is 0 Å². The highest BCUT2D eigenvalue weighted by Gasteiger charge is 2.25. The Hall–Kier alpha value is -0.770. The van der Waals surface area contributed by atoms with Crippen molar-refractivity contribution in [2.75, 3.05) is 13.7 Å². The normalized spacial score (nSPS) is 23.6. The molecule has 1 unspecified atom stereocenters. The number of guanidine groups is 1. The molecule has 4 nitrogen and oxygen atoms in total. The number of methoxy groups -OCH3 is 1. The first-order chi connectivity index (χ1) is 5.53. The molecule has 0 bridgehead atoms. The Morgan fingerprint density at radius 1 is 1.75 bits per heavy atom. The molecule has 12 heavy (non-hydrogen) atoms. The molecule has 1 rings (SSSR count). The van der Waals surface area contributed by atoms with Crippen LogP contribution in [0.4, 0.5) is 0 Å². The summed E-state index contributed by atoms with van der Waals surface area (Å²) in [6, 6.07) is 0.333. The van der Waals surface area contributed by atoms with Gasteiger partial charge in [0, 0.05) is 7.11 Å². The minimum Gasteiger partial charge on any atom is -0.379 e. The Kier molecular flexibility index (Phi) is 2.57. The molecule has 0 saturated carbocycles. The Morgan fingerprint density at radius 3 is 2.83 bits per heavy atom. The molecule has 0 fully saturated rings. The van der Waals surface area contributed by atoms with Crippen molar-refractivity contribution in [2.24, 2.45) is 10.7 Å². The summed E-state index contributed by atoms with van der Waals surface area (Å²) in [6.07, 6.45) is 0.924. The number of rotatable bonds is 3. The Labute approximate surface area is 73.2 Å². The second-order valence-electron chi connectivity index (χ2n) is 3.74. The van der Waals surface area contributed by atoms with Crippen LogP contribution in [-0.2, 0) is 4.74 Å². The van der Waals surface area contributed by atoms with Gasteiger partial charge in [-0.05, 0) is 20.3 Å². The van der Waals surface area contributed by atoms with Gasteiger partial charge in [-0.15, -0.1) is 0 Å². The predicted molar refractivity (Wildman–Crippen MR) is 49.1 cm³/mol. The van der Waals surface area contributed by atoms with Crippen LogP contribution in [0.25, 0.3) is 0 Å². The fourth-order valence-corrected chi connectivity index (χ4v) is 1.30. The molecule has 0 aromatic carbocycles. The van der Waals surface area contributed by atoms with Gasteiger partial charge in [0.2, 0.25) is 0 Å². The summed E-state index contributed by atoms with van der Waals surface area (Å²) in [6.45, 7) is 4.88. The van der Waals surface area contributed by atoms with Crippen molar-refractivity contribution in [3.05, 3.63) is 0 Å². The van der Waals surface area contributed by atoms with E-state index in [4.69, 9.17) is 10.5 Å². The quantitative estimate of drug-likeness (QED) is 0.632. The van der Waals surface area contributed by atoms with E-state index in [2.05, 4.69) is 24.2 Å². The lowest BCUT2D eigenvalue weighted by Crippen LogP contribution is -2.40. The third kappa shape index (κ3) is 2.37. The number of nitrogens with two attached hydrogens (primary N) is 1. The molecule has 0 aliphatic carbocycles. The summed E-state index contributed by atoms with van der Waals surface area (Å²) in [5, 5.41) is 3.09. The van der Waals surface area contributed by atoms with Gasteiger partial charge in [-0.1, -0.05) is 0 Å². The number of aliphatic imine (C=N–C) groups is 1. The maximum absolute atomic E-state index is 5.48. The van der Waals surface area contributed by atoms with Crippen LogP contribution in [0.15, 0.2) is 4.99 Å². The second kappa shape index (κ2) is 3.31. The van der Waals surface area contributed by atoms with Gasteiger partial charge in [-0.2, -0.15) is 0 Å². The molecule has 3 N–H and O–H groups in total. The monoisotopic (exact) mass is 171 g/mol. The molecule has 4 heteroatoms. The van der Waals surface area contributed by atoms with Crippen molar-refractivity contribution in [3.63, 3.8) is 0 Å². The first-order valence-corrected chi connectivity index (χ1v) is 4.15. The fourth-order valence-electron chi connectivity index (χ4n) is 1.30. The minimum atomic E-state index is -0.0994. The van der Waals surface area contributed by atoms with Gasteiger partial charge in [-0.3, -0.25) is 4.99 Å². The van der Waals surface area contributed by atoms with Crippen molar-refractivity contribution in [1.82, 2.24) is 5.32 Å². The lowest BCUT2D eigenvalue weighted by atomic mass is 9.99. The Bertz CT molecular complexity index is 189. The summed E-state index contributed by atoms with van der Waals surface area (Å²) in [4.78, 5) is 4.06. The molecular weight excluding hydrogens is 154 g/mol. The standard InChI is InChI=1S/C8H17N3O/c1-8(2,12-3)4-6-5-10-7(9)11-6/h6H,4-5H2,1-3H3,(H3,9,10,11). The topological polar surface area (TPSA) is 59.6 Å². The van der Waals surface area contributed by atoms with E-state index < -0.39 is 0 Å². The molecule has 0 aromatic rings. The van der Waals surface area contributed by atoms with Gasteiger partial charge >= 0.3 is 0 Å². The second-order valence-corrected chi connectivity index (χ2v) is 3.74. The van der Waals surface area contributed by atoms with Crippen LogP contribution in [0.2, 0.25) is 0 Å². The third-order valence-corrected chi connectivity index (χ3v) is 2.12. The van der Waals surface area contributed by atoms with E-state index >= 15 is 0 Å². The van der Waals surface area contributed by atoms with Crippen LogP contribution in [0.1, 0.15) is 20.3 Å². The number of hydrogen-bond acceptors (Lipinski definition) is 4. The molecule has 1 heterocycles. The minimum absolute atomic E-state index is 0.0994. The number of nitrogens with zero attached hydrogens (tertiary/aromatic N) is 1. The van der Waals surface area contributed by atoms with Gasteiger partial charge in [0.25, 0.3) is 0 Å². The Morgan fingerprint density at radius 2 is 2.42 bits per heavy atom. The smallest absolute Gasteiger partial charge is 0.188 e. The van der Waals surface area contributed by atoms with Crippen LogP contribution in [0, 0.1) is 0 Å². The van der Waals surface area contributed by atoms with Crippen molar-refractivity contribution in [2.45, 2.75) is 31.9 Å². The number of ether oxygens (including phenoxy) is 1. The van der Waals surface area contributed by atoms with Crippen molar-refractivity contribution in [1.29, 1.82) is 0 Å². The maximum atomic E-state index is 5.48. The predicted octanol–water partition coefficient (Wildman–Crippen LogP) is 0.0880. The zero-order valence-electron chi connectivity index (χ0n) is 7.92. The lowest BCUT2D eigenvalue weighted by Gasteiger charge is -2.26. The van der Waals surface area contributed by atoms with E-state index in [1.165, 1.54) is 0 Å². The molecule has 1 atom stereocenters. The average molecular weight is 171 g/mol. The van der Waals surface area contributed by atoms with Crippen molar-refractivity contribution < 1.29 is 4.74 Å². The van der Waals surface area contributed by atoms with Crippen LogP contribution < -0.4 is 11.1 Å². The molecule has 0 spiro atoms. The summed E-state index contributed by atoms with van der Waals surface area (Å²) < 4.78 is 5.30. The van der Waals surface area contributed by atoms with E-state index in [0.29, 0.717) is 12.0 Å². The van der Waals surface area contributed by atoms with Crippen LogP contribution in [-0.4, -0.2) is 31.3 Å². The molecule has 0 aromatic heterocycles. The summed E-state index contributed by atoms with van der Waals surface area (Å²) in [5.74, 6) is 0.548. The van der Waals surface area contributed by atoms with Crippen molar-refractivity contribution in [3.8, 4) is 0 Å². The molecule has 70 valence electrons. The van der Waals surface area contributed by atoms with E-state index in [-0.39, 0.29) is 5.60 Å². The van der Waals surface area contributed by atoms with Crippen LogP contribution in [0.3, 0.4) is 0 Å². The molecular formula is C8H17N3O. The SMILES string of the molecule is COC(C)(C)CC1CN=C(N)N1. The average Bonchev–Trinajstić information content (AvgIpc) is 2.35. The van der Waals surface area contributed by atoms with E-state index in [0.717, 1.165) is 13.0 Å². The fraction of sp³-hybridized carbons (Fsp3) is 0.875.